The summed E-state index contributed by atoms with van der Waals surface area (Å²) in [7, 11) is -2.85. The lowest BCUT2D eigenvalue weighted by Gasteiger charge is -2.39. The molecule has 2 nitrogen and oxygen atoms in total. The molecule has 0 amide bonds. The lowest BCUT2D eigenvalue weighted by molar-refractivity contribution is 0.634. The van der Waals surface area contributed by atoms with E-state index in [1.165, 1.54) is 0 Å². The van der Waals surface area contributed by atoms with E-state index in [1.54, 1.807) is 0 Å². The van der Waals surface area contributed by atoms with Crippen molar-refractivity contribution in [2.24, 2.45) is 0 Å². The molecule has 4 heteroatoms. The third-order valence-corrected chi connectivity index (χ3v) is 11.9. The fourth-order valence-corrected chi connectivity index (χ4v) is 5.91. The number of hydrogen-bond donors (Lipinski definition) is 1. The van der Waals surface area contributed by atoms with Crippen molar-refractivity contribution in [1.82, 2.24) is 4.39 Å². The van der Waals surface area contributed by atoms with Gasteiger partial charge in [-0.2, -0.15) is 0 Å². The van der Waals surface area contributed by atoms with Crippen LogP contribution in [0.15, 0.2) is 30.3 Å². The highest BCUT2D eigenvalue weighted by Crippen LogP contribution is 2.36. The van der Waals surface area contributed by atoms with Gasteiger partial charge in [0.2, 0.25) is 0 Å². The maximum atomic E-state index is 12.8. The van der Waals surface area contributed by atoms with Crippen molar-refractivity contribution in [3.05, 3.63) is 35.9 Å². The van der Waals surface area contributed by atoms with Crippen molar-refractivity contribution in [2.45, 2.75) is 57.5 Å². The van der Waals surface area contributed by atoms with E-state index in [2.05, 4.69) is 38.3 Å². The Kier molecular flexibility index (Phi) is 4.81. The van der Waals surface area contributed by atoms with Gasteiger partial charge in [0.1, 0.15) is 8.24 Å². The van der Waals surface area contributed by atoms with Gasteiger partial charge in [-0.1, -0.05) is 64.2 Å². The van der Waals surface area contributed by atoms with E-state index in [9.17, 15) is 4.21 Å². The molecule has 0 saturated carbocycles. The first-order valence-corrected chi connectivity index (χ1v) is 10.9. The zero-order chi connectivity index (χ0) is 14.9. The Labute approximate surface area is 121 Å². The summed E-state index contributed by atoms with van der Waals surface area (Å²) in [5.74, 6) is 0. The van der Waals surface area contributed by atoms with E-state index in [4.69, 9.17) is 0 Å². The van der Waals surface area contributed by atoms with Crippen LogP contribution < -0.4 is 4.39 Å². The van der Waals surface area contributed by atoms with Crippen molar-refractivity contribution in [3.8, 4) is 0 Å². The van der Waals surface area contributed by atoms with Gasteiger partial charge in [-0.05, 0) is 24.4 Å². The van der Waals surface area contributed by atoms with Gasteiger partial charge in [0.25, 0.3) is 0 Å². The predicted molar refractivity (Wildman–Crippen MR) is 87.9 cm³/mol. The highest BCUT2D eigenvalue weighted by atomic mass is 32.2. The molecular formula is C15H27NOSSi. The standard InChI is InChI=1S/C15H27NOSSi/c1-14(2,3)19(6,7)16-18(17)15(4,5)13-11-9-8-10-12-13/h8-12,16H,1-7H3. The van der Waals surface area contributed by atoms with Gasteiger partial charge in [0.15, 0.2) is 0 Å². The smallest absolute Gasteiger partial charge is 0.139 e. The van der Waals surface area contributed by atoms with Crippen LogP contribution in [0, 0.1) is 0 Å². The Bertz CT molecular complexity index is 449. The van der Waals surface area contributed by atoms with Crippen molar-refractivity contribution in [2.75, 3.05) is 0 Å². The van der Waals surface area contributed by atoms with Crippen LogP contribution in [0.3, 0.4) is 0 Å². The maximum Gasteiger partial charge on any atom is 0.139 e. The van der Waals surface area contributed by atoms with Gasteiger partial charge >= 0.3 is 0 Å². The second-order valence-corrected chi connectivity index (χ2v) is 14.2. The minimum absolute atomic E-state index is 0.176. The van der Waals surface area contributed by atoms with Crippen LogP contribution >= 0.6 is 0 Å². The minimum atomic E-state index is -1.76. The molecule has 0 saturated heterocycles. The molecule has 0 aliphatic carbocycles. The monoisotopic (exact) mass is 297 g/mol. The van der Waals surface area contributed by atoms with Crippen LogP contribution in [-0.2, 0) is 15.7 Å². The van der Waals surface area contributed by atoms with E-state index in [-0.39, 0.29) is 9.79 Å². The average molecular weight is 298 g/mol. The Morgan fingerprint density at radius 2 is 1.47 bits per heavy atom. The predicted octanol–water partition coefficient (Wildman–Crippen LogP) is 4.18. The van der Waals surface area contributed by atoms with E-state index in [1.807, 2.05) is 44.2 Å². The molecule has 0 fully saturated rings. The average Bonchev–Trinajstić information content (AvgIpc) is 2.28. The van der Waals surface area contributed by atoms with Crippen LogP contribution in [0.25, 0.3) is 0 Å². The number of hydrogen-bond acceptors (Lipinski definition) is 1. The molecule has 0 spiro atoms. The largest absolute Gasteiger partial charge is 0.258 e. The normalized spacial score (nSPS) is 15.3. The molecule has 1 atom stereocenters. The number of nitrogens with one attached hydrogen (secondary N) is 1. The molecule has 1 aromatic carbocycles. The fraction of sp³-hybridized carbons (Fsp3) is 0.600. The van der Waals surface area contributed by atoms with Gasteiger partial charge in [-0.25, -0.2) is 4.21 Å². The summed E-state index contributed by atoms with van der Waals surface area (Å²) in [6, 6.07) is 10.1. The van der Waals surface area contributed by atoms with Gasteiger partial charge < -0.3 is 0 Å². The van der Waals surface area contributed by atoms with Crippen LogP contribution in [-0.4, -0.2) is 12.4 Å². The zero-order valence-electron chi connectivity index (χ0n) is 13.2. The summed E-state index contributed by atoms with van der Waals surface area (Å²) in [6.07, 6.45) is 0. The van der Waals surface area contributed by atoms with Crippen LogP contribution in [0.5, 0.6) is 0 Å². The highest BCUT2D eigenvalue weighted by Gasteiger charge is 2.40. The Morgan fingerprint density at radius 3 is 1.89 bits per heavy atom. The van der Waals surface area contributed by atoms with Gasteiger partial charge in [-0.15, -0.1) is 0 Å². The fourth-order valence-electron chi connectivity index (χ4n) is 1.46. The van der Waals surface area contributed by atoms with Crippen LogP contribution in [0.1, 0.15) is 40.2 Å². The summed E-state index contributed by atoms with van der Waals surface area (Å²) >= 11 is 0. The molecule has 0 aromatic heterocycles. The van der Waals surface area contributed by atoms with E-state index < -0.39 is 19.2 Å². The molecule has 1 unspecified atom stereocenters. The van der Waals surface area contributed by atoms with Gasteiger partial charge in [-0.3, -0.25) is 4.39 Å². The molecule has 0 heterocycles. The van der Waals surface area contributed by atoms with Crippen molar-refractivity contribution < 1.29 is 4.21 Å². The molecule has 0 aliphatic rings. The molecule has 0 aliphatic heterocycles. The second-order valence-electron chi connectivity index (χ2n) is 7.12. The summed E-state index contributed by atoms with van der Waals surface area (Å²) in [5, 5.41) is 0.176. The molecule has 1 N–H and O–H groups in total. The molecule has 108 valence electrons. The minimum Gasteiger partial charge on any atom is -0.258 e. The third-order valence-electron chi connectivity index (χ3n) is 4.16. The molecule has 0 bridgehead atoms. The summed E-state index contributed by atoms with van der Waals surface area (Å²) in [4.78, 5) is 0. The van der Waals surface area contributed by atoms with Crippen molar-refractivity contribution in [3.63, 3.8) is 0 Å². The van der Waals surface area contributed by atoms with Crippen molar-refractivity contribution >= 4 is 19.2 Å². The quantitative estimate of drug-likeness (QED) is 0.830. The lowest BCUT2D eigenvalue weighted by Crippen LogP contribution is -2.55. The maximum absolute atomic E-state index is 12.8. The van der Waals surface area contributed by atoms with E-state index in [0.717, 1.165) is 5.56 Å². The first kappa shape index (κ1) is 16.6. The Balaban J connectivity index is 2.96. The second kappa shape index (κ2) is 5.50. The number of benzene rings is 1. The van der Waals surface area contributed by atoms with Gasteiger partial charge in [0, 0.05) is 0 Å². The van der Waals surface area contributed by atoms with Crippen molar-refractivity contribution in [1.29, 1.82) is 0 Å². The molecular weight excluding hydrogens is 270 g/mol. The van der Waals surface area contributed by atoms with E-state index in [0.29, 0.717) is 0 Å². The summed E-state index contributed by atoms with van der Waals surface area (Å²) in [5.41, 5.74) is 1.11. The summed E-state index contributed by atoms with van der Waals surface area (Å²) in [6.45, 7) is 15.2. The zero-order valence-corrected chi connectivity index (χ0v) is 15.0. The first-order valence-electron chi connectivity index (χ1n) is 6.74. The molecule has 1 rings (SSSR count). The highest BCUT2D eigenvalue weighted by molar-refractivity contribution is 7.85. The summed E-state index contributed by atoms with van der Waals surface area (Å²) < 4.78 is 15.8. The Morgan fingerprint density at radius 1 is 1.00 bits per heavy atom. The van der Waals surface area contributed by atoms with Crippen LogP contribution in [0.4, 0.5) is 0 Å². The Hall–Kier alpha value is -0.453. The molecule has 0 radical (unpaired) electrons. The SMILES string of the molecule is CC(C)(c1ccccc1)S(=O)N[Si](C)(C)C(C)(C)C. The third kappa shape index (κ3) is 3.77. The topological polar surface area (TPSA) is 29.1 Å². The molecule has 1 aromatic rings. The van der Waals surface area contributed by atoms with Crippen LogP contribution in [0.2, 0.25) is 18.1 Å². The first-order chi connectivity index (χ1) is 8.48. The molecule has 19 heavy (non-hydrogen) atoms. The number of rotatable bonds is 4. The lowest BCUT2D eigenvalue weighted by atomic mass is 10.0. The van der Waals surface area contributed by atoms with Gasteiger partial charge in [0.05, 0.1) is 15.7 Å². The van der Waals surface area contributed by atoms with E-state index >= 15 is 0 Å².